The highest BCUT2D eigenvalue weighted by Crippen LogP contribution is 2.53. The van der Waals surface area contributed by atoms with Crippen LogP contribution < -0.4 is 0 Å². The van der Waals surface area contributed by atoms with Gasteiger partial charge in [0.25, 0.3) is 5.92 Å². The Kier molecular flexibility index (Phi) is 8.01. The fourth-order valence-corrected chi connectivity index (χ4v) is 8.26. The Bertz CT molecular complexity index is 3090. The largest absolute Gasteiger partial charge is 0.299 e. The molecule has 0 radical (unpaired) electrons. The van der Waals surface area contributed by atoms with Gasteiger partial charge in [0, 0.05) is 62.1 Å². The van der Waals surface area contributed by atoms with Gasteiger partial charge in [0.05, 0.1) is 11.0 Å². The molecule has 10 aromatic rings. The van der Waals surface area contributed by atoms with Gasteiger partial charge in [0.2, 0.25) is 0 Å². The number of aromatic nitrogens is 5. The lowest BCUT2D eigenvalue weighted by Crippen LogP contribution is -2.11. The molecule has 0 fully saturated rings. The van der Waals surface area contributed by atoms with Gasteiger partial charge >= 0.3 is 0 Å². The molecule has 0 saturated carbocycles. The molecule has 3 heterocycles. The van der Waals surface area contributed by atoms with Crippen LogP contribution in [0.5, 0.6) is 0 Å². The van der Waals surface area contributed by atoms with Crippen LogP contribution in [0.2, 0.25) is 0 Å². The summed E-state index contributed by atoms with van der Waals surface area (Å²) in [5.41, 5.74) is 9.94. The van der Waals surface area contributed by atoms with Crippen molar-refractivity contribution in [1.29, 1.82) is 0 Å². The smallest absolute Gasteiger partial charge is 0.256 e. The van der Waals surface area contributed by atoms with Crippen LogP contribution in [0, 0.1) is 0 Å². The second-order valence-electron chi connectivity index (χ2n) is 14.7. The maximum Gasteiger partial charge on any atom is 0.299 e. The second-order valence-corrected chi connectivity index (χ2v) is 14.7. The van der Waals surface area contributed by atoms with E-state index in [4.69, 9.17) is 24.9 Å². The minimum Gasteiger partial charge on any atom is -0.256 e. The average molecular weight is 764 g/mol. The van der Waals surface area contributed by atoms with Crippen molar-refractivity contribution >= 4 is 21.8 Å². The Morgan fingerprint density at radius 2 is 0.763 bits per heavy atom. The first-order valence-electron chi connectivity index (χ1n) is 19.4. The lowest BCUT2D eigenvalue weighted by Gasteiger charge is -2.16. The molecule has 0 N–H and O–H groups in total. The molecule has 0 aliphatic heterocycles. The van der Waals surface area contributed by atoms with Crippen LogP contribution >= 0.6 is 0 Å². The Morgan fingerprint density at radius 3 is 1.29 bits per heavy atom. The fourth-order valence-electron chi connectivity index (χ4n) is 8.26. The Morgan fingerprint density at radius 1 is 0.322 bits per heavy atom. The number of benzene rings is 7. The first-order chi connectivity index (χ1) is 29.0. The van der Waals surface area contributed by atoms with E-state index >= 15 is 8.78 Å². The normalized spacial score (nSPS) is 12.7. The Balaban J connectivity index is 1.04. The van der Waals surface area contributed by atoms with Crippen molar-refractivity contribution in [2.45, 2.75) is 5.92 Å². The lowest BCUT2D eigenvalue weighted by molar-refractivity contribution is 0.0481. The quantitative estimate of drug-likeness (QED) is 0.169. The molecule has 0 amide bonds. The molecule has 3 aromatic heterocycles. The third-order valence-corrected chi connectivity index (χ3v) is 11.1. The van der Waals surface area contributed by atoms with E-state index in [2.05, 4.69) is 30.3 Å². The number of nitrogens with zero attached hydrogens (tertiary/aromatic N) is 5. The van der Waals surface area contributed by atoms with Gasteiger partial charge in [-0.25, -0.2) is 15.0 Å². The van der Waals surface area contributed by atoms with E-state index in [1.165, 1.54) is 6.07 Å². The summed E-state index contributed by atoms with van der Waals surface area (Å²) in [5.74, 6) is -2.03. The molecule has 0 bridgehead atoms. The standard InChI is InChI=1S/C52H31F2N5/c53-52(54)45-30-36(38-27-39(41-19-7-15-32-17-9-25-55-47(32)41)29-40(28-38)42-20-8-16-33-18-10-26-56-48(33)42)21-23-43(45)44-24-22-37(31-46(44)52)51-58-49(34-11-3-1-4-12-34)57-50(59-51)35-13-5-2-6-14-35/h1-31H. The predicted octanol–water partition coefficient (Wildman–Crippen LogP) is 13.1. The Labute approximate surface area is 338 Å². The van der Waals surface area contributed by atoms with Crippen LogP contribution in [0.1, 0.15) is 11.1 Å². The van der Waals surface area contributed by atoms with Crippen molar-refractivity contribution < 1.29 is 8.78 Å². The van der Waals surface area contributed by atoms with Gasteiger partial charge in [-0.05, 0) is 75.8 Å². The van der Waals surface area contributed by atoms with Crippen molar-refractivity contribution in [2.75, 3.05) is 0 Å². The summed E-state index contributed by atoms with van der Waals surface area (Å²) in [6, 6.07) is 56.2. The van der Waals surface area contributed by atoms with Crippen molar-refractivity contribution in [1.82, 2.24) is 24.9 Å². The fraction of sp³-hybridized carbons (Fsp3) is 0.0192. The number of para-hydroxylation sites is 2. The molecular weight excluding hydrogens is 733 g/mol. The van der Waals surface area contributed by atoms with E-state index in [9.17, 15) is 0 Å². The number of halogens is 2. The highest BCUT2D eigenvalue weighted by molar-refractivity contribution is 5.99. The molecule has 0 atom stereocenters. The predicted molar refractivity (Wildman–Crippen MR) is 231 cm³/mol. The van der Waals surface area contributed by atoms with Gasteiger partial charge in [0.15, 0.2) is 17.5 Å². The monoisotopic (exact) mass is 763 g/mol. The Hall–Kier alpha value is -7.77. The summed E-state index contributed by atoms with van der Waals surface area (Å²) in [7, 11) is 0. The maximum atomic E-state index is 17.0. The van der Waals surface area contributed by atoms with Crippen molar-refractivity contribution in [2.24, 2.45) is 0 Å². The number of rotatable bonds is 6. The molecule has 7 heteroatoms. The van der Waals surface area contributed by atoms with Gasteiger partial charge in [-0.15, -0.1) is 0 Å². The van der Waals surface area contributed by atoms with Crippen LogP contribution in [-0.2, 0) is 5.92 Å². The van der Waals surface area contributed by atoms with Crippen molar-refractivity contribution in [3.63, 3.8) is 0 Å². The van der Waals surface area contributed by atoms with E-state index in [-0.39, 0.29) is 11.1 Å². The third kappa shape index (κ3) is 5.94. The van der Waals surface area contributed by atoms with Gasteiger partial charge < -0.3 is 0 Å². The summed E-state index contributed by atoms with van der Waals surface area (Å²) < 4.78 is 34.0. The molecule has 0 unspecified atom stereocenters. The van der Waals surface area contributed by atoms with Crippen LogP contribution in [0.3, 0.4) is 0 Å². The van der Waals surface area contributed by atoms with E-state index in [0.717, 1.165) is 60.8 Å². The highest BCUT2D eigenvalue weighted by Gasteiger charge is 2.45. The topological polar surface area (TPSA) is 64.5 Å². The molecule has 11 rings (SSSR count). The van der Waals surface area contributed by atoms with E-state index in [0.29, 0.717) is 39.7 Å². The first kappa shape index (κ1) is 34.5. The highest BCUT2D eigenvalue weighted by atomic mass is 19.3. The van der Waals surface area contributed by atoms with Gasteiger partial charge in [0.1, 0.15) is 0 Å². The van der Waals surface area contributed by atoms with E-state index in [1.54, 1.807) is 24.5 Å². The molecule has 1 aliphatic rings. The summed E-state index contributed by atoms with van der Waals surface area (Å²) in [4.78, 5) is 23.9. The van der Waals surface area contributed by atoms with Crippen LogP contribution in [0.15, 0.2) is 188 Å². The summed E-state index contributed by atoms with van der Waals surface area (Å²) >= 11 is 0. The lowest BCUT2D eigenvalue weighted by atomic mass is 9.90. The molecule has 5 nitrogen and oxygen atoms in total. The summed E-state index contributed by atoms with van der Waals surface area (Å²) in [5, 5.41) is 2.03. The van der Waals surface area contributed by atoms with Gasteiger partial charge in [-0.2, -0.15) is 8.78 Å². The van der Waals surface area contributed by atoms with Crippen LogP contribution in [-0.4, -0.2) is 24.9 Å². The molecule has 0 spiro atoms. The van der Waals surface area contributed by atoms with Crippen molar-refractivity contribution in [3.05, 3.63) is 199 Å². The van der Waals surface area contributed by atoms with Crippen LogP contribution in [0.25, 0.3) is 100 Å². The first-order valence-corrected chi connectivity index (χ1v) is 19.4. The maximum absolute atomic E-state index is 17.0. The third-order valence-electron chi connectivity index (χ3n) is 11.1. The van der Waals surface area contributed by atoms with Crippen molar-refractivity contribution in [3.8, 4) is 78.7 Å². The number of pyridine rings is 2. The number of fused-ring (bicyclic) bond motifs is 5. The second kappa shape index (κ2) is 13.7. The minimum absolute atomic E-state index is 0.0432. The molecule has 1 aliphatic carbocycles. The minimum atomic E-state index is -3.28. The van der Waals surface area contributed by atoms with Crippen LogP contribution in [0.4, 0.5) is 8.78 Å². The zero-order valence-corrected chi connectivity index (χ0v) is 31.4. The molecule has 59 heavy (non-hydrogen) atoms. The zero-order chi connectivity index (χ0) is 39.5. The average Bonchev–Trinajstić information content (AvgIpc) is 3.53. The summed E-state index contributed by atoms with van der Waals surface area (Å²) in [6.07, 6.45) is 3.59. The molecule has 278 valence electrons. The number of hydrogen-bond acceptors (Lipinski definition) is 5. The molecule has 0 saturated heterocycles. The molecular formula is C52H31F2N5. The molecule has 7 aromatic carbocycles. The number of alkyl halides is 2. The number of hydrogen-bond donors (Lipinski definition) is 0. The van der Waals surface area contributed by atoms with Gasteiger partial charge in [-0.1, -0.05) is 133 Å². The summed E-state index contributed by atoms with van der Waals surface area (Å²) in [6.45, 7) is 0. The van der Waals surface area contributed by atoms with E-state index < -0.39 is 5.92 Å². The van der Waals surface area contributed by atoms with Gasteiger partial charge in [-0.3, -0.25) is 9.97 Å². The SMILES string of the molecule is FC1(F)c2cc(-c3cc(-c4cccc5cccnc45)cc(-c4cccc5cccnc45)c3)ccc2-c2ccc(-c3nc(-c4ccccc4)nc(-c4ccccc4)n3)cc21. The zero-order valence-electron chi connectivity index (χ0n) is 31.4. The van der Waals surface area contributed by atoms with E-state index in [1.807, 2.05) is 127 Å².